The van der Waals surface area contributed by atoms with Gasteiger partial charge >= 0.3 is 5.97 Å². The van der Waals surface area contributed by atoms with Crippen molar-refractivity contribution in [3.63, 3.8) is 0 Å². The SMILES string of the molecule is CCOC(=O)c1ccc(NC(=O)[C@H]2C[C@H](C)[NH2+][C@]23C(=O)Nc2ccc(C)cc23)cc1. The van der Waals surface area contributed by atoms with E-state index in [9.17, 15) is 14.4 Å². The van der Waals surface area contributed by atoms with E-state index >= 15 is 0 Å². The monoisotopic (exact) mass is 408 g/mol. The van der Waals surface area contributed by atoms with E-state index in [1.165, 1.54) is 0 Å². The maximum absolute atomic E-state index is 13.3. The molecule has 2 aliphatic heterocycles. The minimum absolute atomic E-state index is 0.129. The van der Waals surface area contributed by atoms with Crippen LogP contribution >= 0.6 is 0 Å². The van der Waals surface area contributed by atoms with E-state index < -0.39 is 17.4 Å². The second-order valence-electron chi connectivity index (χ2n) is 8.09. The molecule has 3 atom stereocenters. The van der Waals surface area contributed by atoms with Gasteiger partial charge in [0.2, 0.25) is 11.4 Å². The molecule has 2 aromatic rings. The van der Waals surface area contributed by atoms with Crippen molar-refractivity contribution in [3.8, 4) is 0 Å². The van der Waals surface area contributed by atoms with E-state index in [0.717, 1.165) is 16.8 Å². The molecular weight excluding hydrogens is 382 g/mol. The van der Waals surface area contributed by atoms with E-state index in [1.807, 2.05) is 37.4 Å². The molecule has 1 fully saturated rings. The van der Waals surface area contributed by atoms with Crippen molar-refractivity contribution in [2.45, 2.75) is 38.8 Å². The van der Waals surface area contributed by atoms with Crippen LogP contribution in [0, 0.1) is 12.8 Å². The van der Waals surface area contributed by atoms with Crippen molar-refractivity contribution in [1.82, 2.24) is 0 Å². The predicted octanol–water partition coefficient (Wildman–Crippen LogP) is 1.93. The summed E-state index contributed by atoms with van der Waals surface area (Å²) in [5.41, 5.74) is 2.73. The average Bonchev–Trinajstić information content (AvgIpc) is 3.20. The van der Waals surface area contributed by atoms with Crippen LogP contribution in [0.4, 0.5) is 11.4 Å². The number of ether oxygens (including phenoxy) is 1. The first-order valence-corrected chi connectivity index (χ1v) is 10.2. The Morgan fingerprint density at radius 1 is 1.23 bits per heavy atom. The molecule has 0 saturated carbocycles. The molecule has 0 aromatic heterocycles. The Morgan fingerprint density at radius 3 is 2.67 bits per heavy atom. The highest BCUT2D eigenvalue weighted by molar-refractivity contribution is 6.09. The third-order valence-corrected chi connectivity index (χ3v) is 5.93. The van der Waals surface area contributed by atoms with Gasteiger partial charge in [-0.2, -0.15) is 0 Å². The normalized spacial score (nSPS) is 24.4. The highest BCUT2D eigenvalue weighted by Crippen LogP contribution is 2.43. The van der Waals surface area contributed by atoms with Gasteiger partial charge in [-0.1, -0.05) is 11.6 Å². The van der Waals surface area contributed by atoms with E-state index in [1.54, 1.807) is 31.2 Å². The molecule has 0 bridgehead atoms. The lowest BCUT2D eigenvalue weighted by atomic mass is 9.79. The summed E-state index contributed by atoms with van der Waals surface area (Å²) < 4.78 is 4.99. The van der Waals surface area contributed by atoms with Gasteiger partial charge in [-0.15, -0.1) is 0 Å². The van der Waals surface area contributed by atoms with Crippen LogP contribution in [0.15, 0.2) is 42.5 Å². The lowest BCUT2D eigenvalue weighted by Gasteiger charge is -2.25. The lowest BCUT2D eigenvalue weighted by molar-refractivity contribution is -0.729. The molecule has 30 heavy (non-hydrogen) atoms. The van der Waals surface area contributed by atoms with Crippen molar-refractivity contribution in [1.29, 1.82) is 0 Å². The first-order chi connectivity index (χ1) is 14.3. The van der Waals surface area contributed by atoms with Crippen LogP contribution < -0.4 is 16.0 Å². The van der Waals surface area contributed by atoms with Crippen LogP contribution in [0.5, 0.6) is 0 Å². The second-order valence-corrected chi connectivity index (χ2v) is 8.09. The third kappa shape index (κ3) is 3.25. The number of rotatable bonds is 4. The minimum atomic E-state index is -0.963. The van der Waals surface area contributed by atoms with Gasteiger partial charge in [0.15, 0.2) is 0 Å². The van der Waals surface area contributed by atoms with Crippen LogP contribution in [0.25, 0.3) is 0 Å². The number of benzene rings is 2. The molecule has 2 aromatic carbocycles. The maximum Gasteiger partial charge on any atom is 0.338 e. The van der Waals surface area contributed by atoms with Gasteiger partial charge in [-0.3, -0.25) is 9.59 Å². The molecule has 1 saturated heterocycles. The predicted molar refractivity (Wildman–Crippen MR) is 112 cm³/mol. The number of fused-ring (bicyclic) bond motifs is 2. The molecule has 2 aliphatic rings. The fraction of sp³-hybridized carbons (Fsp3) is 0.348. The fourth-order valence-electron chi connectivity index (χ4n) is 4.61. The zero-order valence-electron chi connectivity index (χ0n) is 17.3. The molecule has 2 heterocycles. The van der Waals surface area contributed by atoms with Crippen molar-refractivity contribution >= 4 is 29.2 Å². The average molecular weight is 408 g/mol. The van der Waals surface area contributed by atoms with E-state index in [4.69, 9.17) is 4.74 Å². The van der Waals surface area contributed by atoms with Gasteiger partial charge < -0.3 is 20.7 Å². The highest BCUT2D eigenvalue weighted by Gasteiger charge is 2.63. The third-order valence-electron chi connectivity index (χ3n) is 5.93. The van der Waals surface area contributed by atoms with Gasteiger partial charge in [0.25, 0.3) is 5.91 Å². The van der Waals surface area contributed by atoms with Crippen LogP contribution in [0.1, 0.15) is 41.8 Å². The number of nitrogens with two attached hydrogens (primary N) is 1. The first kappa shape index (κ1) is 20.1. The molecule has 7 heteroatoms. The zero-order valence-corrected chi connectivity index (χ0v) is 17.3. The summed E-state index contributed by atoms with van der Waals surface area (Å²) in [5.74, 6) is -1.27. The van der Waals surface area contributed by atoms with Crippen LogP contribution in [-0.4, -0.2) is 30.4 Å². The second kappa shape index (κ2) is 7.57. The Balaban J connectivity index is 1.60. The number of carbonyl (C=O) groups excluding carboxylic acids is 3. The number of esters is 1. The molecular formula is C23H26N3O4+. The number of anilines is 2. The molecule has 0 aliphatic carbocycles. The van der Waals surface area contributed by atoms with Crippen molar-refractivity contribution < 1.29 is 24.4 Å². The van der Waals surface area contributed by atoms with Crippen molar-refractivity contribution in [3.05, 3.63) is 59.2 Å². The molecule has 2 amide bonds. The summed E-state index contributed by atoms with van der Waals surface area (Å²) in [7, 11) is 0. The smallest absolute Gasteiger partial charge is 0.338 e. The Kier molecular flexibility index (Phi) is 5.07. The van der Waals surface area contributed by atoms with E-state index in [2.05, 4.69) is 10.6 Å². The molecule has 0 radical (unpaired) electrons. The van der Waals surface area contributed by atoms with Gasteiger partial charge in [-0.05, 0) is 57.2 Å². The number of hydrogen-bond donors (Lipinski definition) is 3. The highest BCUT2D eigenvalue weighted by atomic mass is 16.5. The van der Waals surface area contributed by atoms with Gasteiger partial charge in [0.05, 0.1) is 23.9 Å². The molecule has 1 spiro atoms. The number of amides is 2. The molecule has 156 valence electrons. The Morgan fingerprint density at radius 2 is 1.97 bits per heavy atom. The van der Waals surface area contributed by atoms with Crippen molar-refractivity contribution in [2.75, 3.05) is 17.2 Å². The standard InChI is InChI=1S/C23H25N3O4/c1-4-30-21(28)15-6-8-16(9-7-15)24-20(27)18-12-14(3)26-23(18)17-11-13(2)5-10-19(17)25-22(23)29/h5-11,14,18,26H,4,12H2,1-3H3,(H,24,27)(H,25,29)/p+1/t14-,18+,23-/m0/s1. The number of quaternary nitrogens is 1. The quantitative estimate of drug-likeness (QED) is 0.673. The Bertz CT molecular complexity index is 1020. The molecule has 4 rings (SSSR count). The number of carbonyl (C=O) groups is 3. The summed E-state index contributed by atoms with van der Waals surface area (Å²) >= 11 is 0. The van der Waals surface area contributed by atoms with Gasteiger partial charge in [-0.25, -0.2) is 4.79 Å². The molecule has 0 unspecified atom stereocenters. The minimum Gasteiger partial charge on any atom is -0.462 e. The zero-order chi connectivity index (χ0) is 21.5. The van der Waals surface area contributed by atoms with Crippen molar-refractivity contribution in [2.24, 2.45) is 5.92 Å². The first-order valence-electron chi connectivity index (χ1n) is 10.2. The summed E-state index contributed by atoms with van der Waals surface area (Å²) in [6.45, 7) is 6.07. The lowest BCUT2D eigenvalue weighted by Crippen LogP contribution is -2.97. The fourth-order valence-corrected chi connectivity index (χ4v) is 4.61. The topological polar surface area (TPSA) is 101 Å². The Labute approximate surface area is 175 Å². The number of hydrogen-bond acceptors (Lipinski definition) is 4. The van der Waals surface area contributed by atoms with Crippen LogP contribution in [0.3, 0.4) is 0 Å². The van der Waals surface area contributed by atoms with Gasteiger partial charge in [0.1, 0.15) is 5.92 Å². The number of aryl methyl sites for hydroxylation is 1. The summed E-state index contributed by atoms with van der Waals surface area (Å²) in [6.07, 6.45) is 0.591. The number of nitrogens with one attached hydrogen (secondary N) is 2. The summed E-state index contributed by atoms with van der Waals surface area (Å²) in [6, 6.07) is 12.6. The summed E-state index contributed by atoms with van der Waals surface area (Å²) in [5, 5.41) is 7.90. The van der Waals surface area contributed by atoms with E-state index in [0.29, 0.717) is 24.3 Å². The molecule has 7 nitrogen and oxygen atoms in total. The van der Waals surface area contributed by atoms with Crippen LogP contribution in [-0.2, 0) is 19.9 Å². The summed E-state index contributed by atoms with van der Waals surface area (Å²) in [4.78, 5) is 38.2. The largest absolute Gasteiger partial charge is 0.462 e. The van der Waals surface area contributed by atoms with Gasteiger partial charge in [0, 0.05) is 17.7 Å². The van der Waals surface area contributed by atoms with Crippen LogP contribution in [0.2, 0.25) is 0 Å². The Hall–Kier alpha value is -3.19. The molecule has 4 N–H and O–H groups in total. The maximum atomic E-state index is 13.3. The van der Waals surface area contributed by atoms with E-state index in [-0.39, 0.29) is 17.9 Å².